The van der Waals surface area contributed by atoms with E-state index in [4.69, 9.17) is 14.2 Å². The maximum Gasteiger partial charge on any atom is 0.349 e. The lowest BCUT2D eigenvalue weighted by Crippen LogP contribution is -2.29. The summed E-state index contributed by atoms with van der Waals surface area (Å²) in [6.07, 6.45) is -1.08. The monoisotopic (exact) mass is 364 g/mol. The highest BCUT2D eigenvalue weighted by atomic mass is 32.1. The predicted octanol–water partition coefficient (Wildman–Crippen LogP) is 2.57. The summed E-state index contributed by atoms with van der Waals surface area (Å²) in [6, 6.07) is 7.37. The van der Waals surface area contributed by atoms with Crippen LogP contribution in [-0.2, 0) is 9.53 Å². The number of hydrogen-bond donors (Lipinski definition) is 1. The van der Waals surface area contributed by atoms with E-state index in [1.54, 1.807) is 18.2 Å². The molecule has 0 saturated heterocycles. The van der Waals surface area contributed by atoms with E-state index >= 15 is 0 Å². The highest BCUT2D eigenvalue weighted by molar-refractivity contribution is 7.17. The maximum atomic E-state index is 12.1. The smallest absolute Gasteiger partial charge is 0.349 e. The Bertz CT molecular complexity index is 848. The van der Waals surface area contributed by atoms with Crippen LogP contribution in [-0.4, -0.2) is 29.7 Å². The fourth-order valence-corrected chi connectivity index (χ4v) is 2.73. The Hall–Kier alpha value is -3.14. The molecule has 3 rings (SSSR count). The highest BCUT2D eigenvalue weighted by Crippen LogP contribution is 2.34. The molecule has 0 unspecified atom stereocenters. The molecule has 25 heavy (non-hydrogen) atoms. The van der Waals surface area contributed by atoms with Crippen LogP contribution in [0.1, 0.15) is 16.6 Å². The van der Waals surface area contributed by atoms with Crippen LogP contribution < -0.4 is 14.8 Å². The summed E-state index contributed by atoms with van der Waals surface area (Å²) in [5, 5.41) is 13.1. The van der Waals surface area contributed by atoms with Gasteiger partial charge in [0.25, 0.3) is 5.91 Å². The van der Waals surface area contributed by atoms with Gasteiger partial charge in [0.05, 0.1) is 4.92 Å². The number of nitrogens with zero attached hydrogens (tertiary/aromatic N) is 1. The van der Waals surface area contributed by atoms with Gasteiger partial charge in [0, 0.05) is 17.8 Å². The van der Waals surface area contributed by atoms with Crippen molar-refractivity contribution in [3.63, 3.8) is 0 Å². The summed E-state index contributed by atoms with van der Waals surface area (Å²) in [5.41, 5.74) is 0.462. The Labute approximate surface area is 145 Å². The van der Waals surface area contributed by atoms with Crippen LogP contribution in [0.4, 0.5) is 10.7 Å². The van der Waals surface area contributed by atoms with Crippen LogP contribution in [0.5, 0.6) is 11.5 Å². The number of esters is 1. The van der Waals surface area contributed by atoms with Crippen LogP contribution >= 0.6 is 11.3 Å². The molecule has 1 N–H and O–H groups in total. The zero-order valence-corrected chi connectivity index (χ0v) is 13.7. The molecular formula is C15H12N2O7S. The molecule has 130 valence electrons. The molecule has 1 atom stereocenters. The molecule has 0 bridgehead atoms. The van der Waals surface area contributed by atoms with Crippen molar-refractivity contribution in [2.75, 3.05) is 12.1 Å². The van der Waals surface area contributed by atoms with E-state index in [1.165, 1.54) is 19.1 Å². The van der Waals surface area contributed by atoms with Crippen molar-refractivity contribution >= 4 is 33.9 Å². The summed E-state index contributed by atoms with van der Waals surface area (Å²) < 4.78 is 15.4. The Morgan fingerprint density at radius 2 is 2.04 bits per heavy atom. The molecule has 2 heterocycles. The second-order valence-corrected chi connectivity index (χ2v) is 6.06. The molecular weight excluding hydrogens is 352 g/mol. The summed E-state index contributed by atoms with van der Waals surface area (Å²) in [4.78, 5) is 34.2. The van der Waals surface area contributed by atoms with Crippen molar-refractivity contribution in [3.8, 4) is 11.5 Å². The third-order valence-corrected chi connectivity index (χ3v) is 4.28. The van der Waals surface area contributed by atoms with Gasteiger partial charge in [-0.15, -0.1) is 0 Å². The number of nitro groups is 1. The molecule has 0 saturated carbocycles. The minimum Gasteiger partial charge on any atom is -0.454 e. The lowest BCUT2D eigenvalue weighted by molar-refractivity contribution is -0.380. The van der Waals surface area contributed by atoms with Gasteiger partial charge in [0.1, 0.15) is 4.88 Å². The molecule has 1 aliphatic heterocycles. The zero-order valence-electron chi connectivity index (χ0n) is 12.9. The zero-order chi connectivity index (χ0) is 18.0. The van der Waals surface area contributed by atoms with E-state index in [-0.39, 0.29) is 16.7 Å². The van der Waals surface area contributed by atoms with Crippen LogP contribution in [0.15, 0.2) is 30.3 Å². The summed E-state index contributed by atoms with van der Waals surface area (Å²) in [6.45, 7) is 1.52. The standard InChI is InChI=1S/C15H12N2O7S/c1-8(24-15(19)12-4-5-13(25-12)17(20)21)14(18)16-9-2-3-10-11(6-9)23-7-22-10/h2-6,8H,7H2,1H3,(H,16,18)/t8-/m0/s1. The van der Waals surface area contributed by atoms with Gasteiger partial charge in [-0.2, -0.15) is 0 Å². The minimum absolute atomic E-state index is 0.0504. The first-order valence-corrected chi connectivity index (χ1v) is 7.91. The van der Waals surface area contributed by atoms with Gasteiger partial charge in [0.15, 0.2) is 17.6 Å². The Kier molecular flexibility index (Phi) is 4.52. The fraction of sp³-hybridized carbons (Fsp3) is 0.200. The number of ether oxygens (including phenoxy) is 3. The number of benzene rings is 1. The van der Waals surface area contributed by atoms with E-state index in [2.05, 4.69) is 5.32 Å². The average Bonchev–Trinajstić information content (AvgIpc) is 3.23. The molecule has 10 heteroatoms. The van der Waals surface area contributed by atoms with Gasteiger partial charge in [-0.1, -0.05) is 11.3 Å². The Morgan fingerprint density at radius 1 is 1.28 bits per heavy atom. The third-order valence-electron chi connectivity index (χ3n) is 3.27. The first-order chi connectivity index (χ1) is 11.9. The topological polar surface area (TPSA) is 117 Å². The summed E-state index contributed by atoms with van der Waals surface area (Å²) in [5.74, 6) is -0.255. The number of carbonyl (C=O) groups is 2. The van der Waals surface area contributed by atoms with E-state index < -0.39 is 22.9 Å². The molecule has 2 aromatic rings. The van der Waals surface area contributed by atoms with E-state index in [0.29, 0.717) is 28.5 Å². The molecule has 0 radical (unpaired) electrons. The molecule has 0 spiro atoms. The Balaban J connectivity index is 1.60. The first-order valence-electron chi connectivity index (χ1n) is 7.10. The van der Waals surface area contributed by atoms with Gasteiger partial charge in [-0.05, 0) is 25.1 Å². The second kappa shape index (κ2) is 6.77. The highest BCUT2D eigenvalue weighted by Gasteiger charge is 2.23. The minimum atomic E-state index is -1.08. The van der Waals surface area contributed by atoms with Crippen molar-refractivity contribution in [2.45, 2.75) is 13.0 Å². The summed E-state index contributed by atoms with van der Waals surface area (Å²) in [7, 11) is 0. The van der Waals surface area contributed by atoms with E-state index in [9.17, 15) is 19.7 Å². The molecule has 1 aliphatic rings. The van der Waals surface area contributed by atoms with Gasteiger partial charge in [-0.3, -0.25) is 14.9 Å². The fourth-order valence-electron chi connectivity index (χ4n) is 2.03. The van der Waals surface area contributed by atoms with Crippen molar-refractivity contribution in [1.82, 2.24) is 0 Å². The van der Waals surface area contributed by atoms with Crippen LogP contribution in [0.3, 0.4) is 0 Å². The van der Waals surface area contributed by atoms with Crippen molar-refractivity contribution in [2.24, 2.45) is 0 Å². The second-order valence-electron chi connectivity index (χ2n) is 5.00. The van der Waals surface area contributed by atoms with Gasteiger partial charge in [0.2, 0.25) is 6.79 Å². The number of hydrogen-bond acceptors (Lipinski definition) is 8. The average molecular weight is 364 g/mol. The van der Waals surface area contributed by atoms with Gasteiger partial charge < -0.3 is 19.5 Å². The van der Waals surface area contributed by atoms with Crippen LogP contribution in [0.2, 0.25) is 0 Å². The Morgan fingerprint density at radius 3 is 2.76 bits per heavy atom. The van der Waals surface area contributed by atoms with Crippen molar-refractivity contribution in [1.29, 1.82) is 0 Å². The SMILES string of the molecule is C[C@H](OC(=O)c1ccc([N+](=O)[O-])s1)C(=O)Nc1ccc2c(c1)OCO2. The van der Waals surface area contributed by atoms with Gasteiger partial charge >= 0.3 is 11.0 Å². The van der Waals surface area contributed by atoms with E-state index in [0.717, 1.165) is 0 Å². The van der Waals surface area contributed by atoms with Crippen molar-refractivity contribution in [3.05, 3.63) is 45.3 Å². The number of anilines is 1. The molecule has 0 aliphatic carbocycles. The molecule has 1 aromatic carbocycles. The molecule has 9 nitrogen and oxygen atoms in total. The largest absolute Gasteiger partial charge is 0.454 e. The molecule has 0 fully saturated rings. The van der Waals surface area contributed by atoms with Crippen LogP contribution in [0, 0.1) is 10.1 Å². The predicted molar refractivity (Wildman–Crippen MR) is 87.0 cm³/mol. The third kappa shape index (κ3) is 3.69. The number of nitrogens with one attached hydrogen (secondary N) is 1. The first kappa shape index (κ1) is 16.7. The number of fused-ring (bicyclic) bond motifs is 1. The number of amides is 1. The lowest BCUT2D eigenvalue weighted by atomic mass is 10.2. The van der Waals surface area contributed by atoms with Gasteiger partial charge in [-0.25, -0.2) is 4.79 Å². The quantitative estimate of drug-likeness (QED) is 0.492. The summed E-state index contributed by atoms with van der Waals surface area (Å²) >= 11 is 0.684. The van der Waals surface area contributed by atoms with Crippen LogP contribution in [0.25, 0.3) is 0 Å². The number of carbonyl (C=O) groups excluding carboxylic acids is 2. The lowest BCUT2D eigenvalue weighted by Gasteiger charge is -2.13. The molecule has 1 aromatic heterocycles. The normalized spacial score (nSPS) is 13.2. The van der Waals surface area contributed by atoms with Crippen molar-refractivity contribution < 1.29 is 28.7 Å². The molecule has 1 amide bonds. The van der Waals surface area contributed by atoms with E-state index in [1.807, 2.05) is 0 Å². The number of thiophene rings is 1. The maximum absolute atomic E-state index is 12.1. The number of rotatable bonds is 5.